The summed E-state index contributed by atoms with van der Waals surface area (Å²) in [6, 6.07) is 11.7. The van der Waals surface area contributed by atoms with Gasteiger partial charge >= 0.3 is 0 Å². The first-order valence-corrected chi connectivity index (χ1v) is 11.8. The number of thiophene rings is 1. The van der Waals surface area contributed by atoms with Crippen LogP contribution in [0.3, 0.4) is 0 Å². The van der Waals surface area contributed by atoms with Crippen molar-refractivity contribution in [3.8, 4) is 5.69 Å². The van der Waals surface area contributed by atoms with Crippen LogP contribution in [-0.4, -0.2) is 32.1 Å². The number of para-hydroxylation sites is 1. The molecule has 0 saturated carbocycles. The van der Waals surface area contributed by atoms with Crippen LogP contribution >= 0.6 is 23.1 Å². The predicted molar refractivity (Wildman–Crippen MR) is 128 cm³/mol. The summed E-state index contributed by atoms with van der Waals surface area (Å²) < 4.78 is 2.01. The molecule has 0 spiro atoms. The van der Waals surface area contributed by atoms with E-state index in [1.54, 1.807) is 11.3 Å². The van der Waals surface area contributed by atoms with Gasteiger partial charge in [0.25, 0.3) is 5.91 Å². The molecule has 0 bridgehead atoms. The maximum atomic E-state index is 12.7. The van der Waals surface area contributed by atoms with Gasteiger partial charge in [-0.1, -0.05) is 30.0 Å². The molecule has 32 heavy (non-hydrogen) atoms. The van der Waals surface area contributed by atoms with Crippen molar-refractivity contribution in [2.75, 3.05) is 5.75 Å². The topological polar surface area (TPSA) is 88.9 Å². The number of nitrogens with zero attached hydrogens (tertiary/aromatic N) is 3. The van der Waals surface area contributed by atoms with E-state index >= 15 is 0 Å². The highest BCUT2D eigenvalue weighted by molar-refractivity contribution is 8.00. The number of thioether (sulfide) groups is 1. The second-order valence-electron chi connectivity index (χ2n) is 7.39. The van der Waals surface area contributed by atoms with Gasteiger partial charge in [-0.3, -0.25) is 20.4 Å². The molecule has 3 heterocycles. The Bertz CT molecular complexity index is 1310. The average molecular weight is 466 g/mol. The maximum Gasteiger partial charge on any atom is 0.271 e. The largest absolute Gasteiger partial charge is 0.318 e. The highest BCUT2D eigenvalue weighted by Crippen LogP contribution is 2.34. The summed E-state index contributed by atoms with van der Waals surface area (Å²) in [5.74, 6) is -0.534. The van der Waals surface area contributed by atoms with Crippen molar-refractivity contribution in [2.45, 2.75) is 32.7 Å². The van der Waals surface area contributed by atoms with Gasteiger partial charge in [-0.05, 0) is 51.5 Å². The summed E-state index contributed by atoms with van der Waals surface area (Å²) >= 11 is 2.95. The molecule has 0 aliphatic heterocycles. The second kappa shape index (κ2) is 9.13. The number of hydrogen-bond acceptors (Lipinski definition) is 6. The number of nitrogens with one attached hydrogen (secondary N) is 2. The van der Waals surface area contributed by atoms with E-state index in [1.165, 1.54) is 23.0 Å². The number of benzene rings is 1. The third-order valence-corrected chi connectivity index (χ3v) is 7.38. The summed E-state index contributed by atoms with van der Waals surface area (Å²) in [6.07, 6.45) is 1.52. The molecular weight excluding hydrogens is 442 g/mol. The van der Waals surface area contributed by atoms with Crippen LogP contribution in [0.15, 0.2) is 47.8 Å². The number of hydrogen-bond donors (Lipinski definition) is 2. The quantitative estimate of drug-likeness (QED) is 0.261. The molecular formula is C23H23N5O2S2. The van der Waals surface area contributed by atoms with Crippen LogP contribution in [0.5, 0.6) is 0 Å². The van der Waals surface area contributed by atoms with E-state index in [0.717, 1.165) is 37.9 Å². The van der Waals surface area contributed by atoms with E-state index < -0.39 is 0 Å². The third kappa shape index (κ3) is 4.26. The lowest BCUT2D eigenvalue weighted by atomic mass is 10.2. The van der Waals surface area contributed by atoms with Crippen molar-refractivity contribution in [2.24, 2.45) is 0 Å². The standard InChI is InChI=1S/C23H23N5O2S2/c1-13-10-18(15(3)28(13)17-8-6-5-7-9-17)21(30)27-26-19(29)11-31-22-20-14(2)16(4)32-23(20)25-12-24-22/h5-10,12H,11H2,1-4H3,(H,26,29)(H,27,30). The van der Waals surface area contributed by atoms with Gasteiger partial charge in [0.15, 0.2) is 0 Å². The van der Waals surface area contributed by atoms with E-state index in [9.17, 15) is 9.59 Å². The molecule has 0 aliphatic carbocycles. The van der Waals surface area contributed by atoms with E-state index in [1.807, 2.05) is 68.7 Å². The SMILES string of the molecule is Cc1sc2ncnc(SCC(=O)NNC(=O)c3cc(C)n(-c4ccccc4)c3C)c2c1C. The van der Waals surface area contributed by atoms with Gasteiger partial charge in [0, 0.05) is 27.3 Å². The summed E-state index contributed by atoms with van der Waals surface area (Å²) in [7, 11) is 0. The van der Waals surface area contributed by atoms with Crippen molar-refractivity contribution in [1.82, 2.24) is 25.4 Å². The van der Waals surface area contributed by atoms with Crippen LogP contribution < -0.4 is 10.9 Å². The van der Waals surface area contributed by atoms with Crippen molar-refractivity contribution >= 4 is 45.1 Å². The van der Waals surface area contributed by atoms with Gasteiger partial charge < -0.3 is 4.57 Å². The van der Waals surface area contributed by atoms with Crippen LogP contribution in [0.2, 0.25) is 0 Å². The lowest BCUT2D eigenvalue weighted by Crippen LogP contribution is -2.42. The summed E-state index contributed by atoms with van der Waals surface area (Å²) in [4.78, 5) is 35.8. The molecule has 7 nitrogen and oxygen atoms in total. The minimum atomic E-state index is -0.354. The number of aryl methyl sites for hydroxylation is 3. The fraction of sp³-hybridized carbons (Fsp3) is 0.217. The molecule has 0 atom stereocenters. The number of carbonyl (C=O) groups excluding carboxylic acids is 2. The Kier molecular flexibility index (Phi) is 6.29. The number of amides is 2. The van der Waals surface area contributed by atoms with Crippen LogP contribution in [0.25, 0.3) is 15.9 Å². The van der Waals surface area contributed by atoms with Crippen molar-refractivity contribution in [3.63, 3.8) is 0 Å². The first-order chi connectivity index (χ1) is 15.4. The number of rotatable bonds is 5. The van der Waals surface area contributed by atoms with Crippen LogP contribution in [0.4, 0.5) is 0 Å². The van der Waals surface area contributed by atoms with E-state index in [2.05, 4.69) is 20.8 Å². The highest BCUT2D eigenvalue weighted by atomic mass is 32.2. The third-order valence-electron chi connectivity index (χ3n) is 5.28. The first-order valence-electron chi connectivity index (χ1n) is 10.0. The van der Waals surface area contributed by atoms with Crippen LogP contribution in [0, 0.1) is 27.7 Å². The Balaban J connectivity index is 1.40. The van der Waals surface area contributed by atoms with Gasteiger partial charge in [0.1, 0.15) is 16.2 Å². The zero-order chi connectivity index (χ0) is 22.8. The molecule has 2 amide bonds. The van der Waals surface area contributed by atoms with E-state index in [-0.39, 0.29) is 17.6 Å². The highest BCUT2D eigenvalue weighted by Gasteiger charge is 2.18. The Labute approximate surface area is 194 Å². The predicted octanol–water partition coefficient (Wildman–Crippen LogP) is 4.27. The Morgan fingerprint density at radius 2 is 1.81 bits per heavy atom. The molecule has 4 rings (SSSR count). The second-order valence-corrected chi connectivity index (χ2v) is 9.56. The summed E-state index contributed by atoms with van der Waals surface area (Å²) in [6.45, 7) is 7.92. The Hall–Kier alpha value is -3.17. The normalized spacial score (nSPS) is 11.0. The molecule has 164 valence electrons. The van der Waals surface area contributed by atoms with Gasteiger partial charge in [-0.2, -0.15) is 0 Å². The minimum absolute atomic E-state index is 0.129. The lowest BCUT2D eigenvalue weighted by Gasteiger charge is -2.10. The number of fused-ring (bicyclic) bond motifs is 1. The van der Waals surface area contributed by atoms with E-state index in [4.69, 9.17) is 0 Å². The molecule has 3 aromatic heterocycles. The van der Waals surface area contributed by atoms with Gasteiger partial charge in [-0.15, -0.1) is 11.3 Å². The van der Waals surface area contributed by atoms with Crippen molar-refractivity contribution < 1.29 is 9.59 Å². The molecule has 1 aromatic carbocycles. The van der Waals surface area contributed by atoms with Crippen LogP contribution in [-0.2, 0) is 4.79 Å². The monoisotopic (exact) mass is 465 g/mol. The maximum absolute atomic E-state index is 12.7. The Morgan fingerprint density at radius 3 is 2.56 bits per heavy atom. The number of aromatic nitrogens is 3. The molecule has 2 N–H and O–H groups in total. The zero-order valence-corrected chi connectivity index (χ0v) is 19.9. The van der Waals surface area contributed by atoms with Crippen molar-refractivity contribution in [1.29, 1.82) is 0 Å². The smallest absolute Gasteiger partial charge is 0.271 e. The summed E-state index contributed by atoms with van der Waals surface area (Å²) in [5, 5.41) is 1.76. The summed E-state index contributed by atoms with van der Waals surface area (Å²) in [5.41, 5.74) is 9.41. The Morgan fingerprint density at radius 1 is 1.06 bits per heavy atom. The van der Waals surface area contributed by atoms with Crippen LogP contribution in [0.1, 0.15) is 32.2 Å². The minimum Gasteiger partial charge on any atom is -0.318 e. The van der Waals surface area contributed by atoms with E-state index in [0.29, 0.717) is 5.56 Å². The number of carbonyl (C=O) groups is 2. The van der Waals surface area contributed by atoms with Gasteiger partial charge in [0.2, 0.25) is 5.91 Å². The molecule has 9 heteroatoms. The fourth-order valence-electron chi connectivity index (χ4n) is 3.59. The number of hydrazine groups is 1. The average Bonchev–Trinajstić information content (AvgIpc) is 3.26. The molecule has 0 aliphatic rings. The van der Waals surface area contributed by atoms with Crippen molar-refractivity contribution in [3.05, 3.63) is 70.1 Å². The molecule has 4 aromatic rings. The lowest BCUT2D eigenvalue weighted by molar-refractivity contribution is -0.119. The molecule has 0 fully saturated rings. The van der Waals surface area contributed by atoms with Gasteiger partial charge in [-0.25, -0.2) is 9.97 Å². The molecule has 0 saturated heterocycles. The zero-order valence-electron chi connectivity index (χ0n) is 18.2. The molecule has 0 unspecified atom stereocenters. The first kappa shape index (κ1) is 22.0. The molecule has 0 radical (unpaired) electrons. The fourth-order valence-corrected chi connectivity index (χ4v) is 5.51. The van der Waals surface area contributed by atoms with Gasteiger partial charge in [0.05, 0.1) is 11.3 Å².